The average Bonchev–Trinajstić information content (AvgIpc) is 2.24. The highest BCUT2D eigenvalue weighted by Crippen LogP contribution is 1.94. The van der Waals surface area contributed by atoms with Gasteiger partial charge in [0.1, 0.15) is 0 Å². The Hall–Kier alpha value is -1.59. The van der Waals surface area contributed by atoms with Gasteiger partial charge in [-0.25, -0.2) is 0 Å². The molecule has 6 nitrogen and oxygen atoms in total. The third kappa shape index (κ3) is 6.80. The maximum atomic E-state index is 11.3. The summed E-state index contributed by atoms with van der Waals surface area (Å²) in [4.78, 5) is 34.1. The van der Waals surface area contributed by atoms with E-state index in [1.165, 1.54) is 4.90 Å². The molecule has 0 aliphatic carbocycles. The van der Waals surface area contributed by atoms with Crippen molar-refractivity contribution in [2.45, 2.75) is 26.2 Å². The van der Waals surface area contributed by atoms with Crippen LogP contribution in [0.15, 0.2) is 0 Å². The fourth-order valence-electron chi connectivity index (χ4n) is 0.974. The minimum absolute atomic E-state index is 0.0315. The summed E-state index contributed by atoms with van der Waals surface area (Å²) in [5.74, 6) is -1.37. The first-order valence-electron chi connectivity index (χ1n) is 5.19. The Labute approximate surface area is 94.6 Å². The van der Waals surface area contributed by atoms with Crippen molar-refractivity contribution in [1.82, 2.24) is 10.2 Å². The maximum Gasteiger partial charge on any atom is 0.303 e. The predicted molar refractivity (Wildman–Crippen MR) is 57.8 cm³/mol. The third-order valence-corrected chi connectivity index (χ3v) is 2.13. The van der Waals surface area contributed by atoms with Gasteiger partial charge in [-0.1, -0.05) is 0 Å². The number of hydrogen-bond acceptors (Lipinski definition) is 3. The summed E-state index contributed by atoms with van der Waals surface area (Å²) in [5.41, 5.74) is 0. The number of carbonyl (C=O) groups is 3. The first kappa shape index (κ1) is 14.4. The molecule has 0 aromatic heterocycles. The average molecular weight is 230 g/mol. The molecule has 0 radical (unpaired) electrons. The van der Waals surface area contributed by atoms with Gasteiger partial charge in [0.2, 0.25) is 11.8 Å². The molecule has 0 aliphatic rings. The highest BCUT2D eigenvalue weighted by atomic mass is 16.4. The second-order valence-electron chi connectivity index (χ2n) is 3.43. The minimum atomic E-state index is -0.922. The van der Waals surface area contributed by atoms with Crippen molar-refractivity contribution in [3.8, 4) is 0 Å². The second-order valence-corrected chi connectivity index (χ2v) is 3.43. The highest BCUT2D eigenvalue weighted by Gasteiger charge is 2.08. The summed E-state index contributed by atoms with van der Waals surface area (Å²) < 4.78 is 0. The van der Waals surface area contributed by atoms with Gasteiger partial charge in [0.05, 0.1) is 6.54 Å². The van der Waals surface area contributed by atoms with E-state index in [1.807, 2.05) is 6.92 Å². The summed E-state index contributed by atoms with van der Waals surface area (Å²) >= 11 is 0. The number of carbonyl (C=O) groups excluding carboxylic acids is 2. The number of hydrogen-bond donors (Lipinski definition) is 2. The molecule has 0 bridgehead atoms. The van der Waals surface area contributed by atoms with Crippen LogP contribution in [0.5, 0.6) is 0 Å². The number of carboxylic acids is 1. The van der Waals surface area contributed by atoms with Crippen LogP contribution in [0, 0.1) is 0 Å². The number of aliphatic carboxylic acids is 1. The lowest BCUT2D eigenvalue weighted by Gasteiger charge is -2.14. The van der Waals surface area contributed by atoms with Gasteiger partial charge in [-0.3, -0.25) is 14.4 Å². The monoisotopic (exact) mass is 230 g/mol. The molecule has 0 saturated heterocycles. The molecule has 0 fully saturated rings. The van der Waals surface area contributed by atoms with Gasteiger partial charge in [-0.2, -0.15) is 0 Å². The Bertz CT molecular complexity index is 266. The van der Waals surface area contributed by atoms with Crippen LogP contribution in [0.3, 0.4) is 0 Å². The molecule has 0 aromatic rings. The van der Waals surface area contributed by atoms with E-state index in [2.05, 4.69) is 5.32 Å². The molecule has 6 heteroatoms. The fourth-order valence-corrected chi connectivity index (χ4v) is 0.974. The van der Waals surface area contributed by atoms with E-state index < -0.39 is 5.97 Å². The van der Waals surface area contributed by atoms with E-state index in [4.69, 9.17) is 5.11 Å². The van der Waals surface area contributed by atoms with Crippen molar-refractivity contribution in [2.24, 2.45) is 0 Å². The van der Waals surface area contributed by atoms with E-state index in [0.29, 0.717) is 13.0 Å². The van der Waals surface area contributed by atoms with Crippen LogP contribution in [0.1, 0.15) is 26.2 Å². The van der Waals surface area contributed by atoms with Crippen molar-refractivity contribution in [1.29, 1.82) is 0 Å². The lowest BCUT2D eigenvalue weighted by molar-refractivity contribution is -0.137. The van der Waals surface area contributed by atoms with Crippen LogP contribution in [0.25, 0.3) is 0 Å². The lowest BCUT2D eigenvalue weighted by Crippen LogP contribution is -2.37. The first-order chi connectivity index (χ1) is 7.47. The number of rotatable bonds is 7. The molecular formula is C10H18N2O4. The van der Waals surface area contributed by atoms with Crippen LogP contribution in [-0.4, -0.2) is 47.9 Å². The van der Waals surface area contributed by atoms with Gasteiger partial charge < -0.3 is 15.3 Å². The predicted octanol–water partition coefficient (Wildman–Crippen LogP) is -0.164. The Balaban J connectivity index is 3.65. The zero-order valence-corrected chi connectivity index (χ0v) is 9.65. The number of amides is 2. The zero-order valence-electron chi connectivity index (χ0n) is 9.65. The fraction of sp³-hybridized carbons (Fsp3) is 0.700. The third-order valence-electron chi connectivity index (χ3n) is 2.13. The van der Waals surface area contributed by atoms with Crippen LogP contribution < -0.4 is 5.32 Å². The number of likely N-dealkylation sites (N-methyl/N-ethyl adjacent to an activating group) is 1. The second kappa shape index (κ2) is 7.67. The van der Waals surface area contributed by atoms with Crippen molar-refractivity contribution >= 4 is 17.8 Å². The molecule has 0 spiro atoms. The number of carboxylic acid groups (broad SMARTS) is 1. The van der Waals surface area contributed by atoms with E-state index in [-0.39, 0.29) is 31.2 Å². The molecule has 0 heterocycles. The van der Waals surface area contributed by atoms with Crippen LogP contribution in [-0.2, 0) is 14.4 Å². The smallest absolute Gasteiger partial charge is 0.303 e. The topological polar surface area (TPSA) is 86.7 Å². The van der Waals surface area contributed by atoms with Gasteiger partial charge in [-0.15, -0.1) is 0 Å². The summed E-state index contributed by atoms with van der Waals surface area (Å²) in [6.45, 7) is 2.40. The van der Waals surface area contributed by atoms with Crippen molar-refractivity contribution in [3.05, 3.63) is 0 Å². The van der Waals surface area contributed by atoms with Crippen LogP contribution in [0.2, 0.25) is 0 Å². The van der Waals surface area contributed by atoms with Gasteiger partial charge in [0.15, 0.2) is 0 Å². The highest BCUT2D eigenvalue weighted by molar-refractivity contribution is 5.84. The molecule has 0 aliphatic heterocycles. The van der Waals surface area contributed by atoms with Crippen molar-refractivity contribution in [3.63, 3.8) is 0 Å². The molecule has 0 rings (SSSR count). The molecule has 0 unspecified atom stereocenters. The van der Waals surface area contributed by atoms with Gasteiger partial charge >= 0.3 is 5.97 Å². The molecule has 0 atom stereocenters. The van der Waals surface area contributed by atoms with Gasteiger partial charge in [0, 0.05) is 26.4 Å². The zero-order chi connectivity index (χ0) is 12.6. The molecule has 16 heavy (non-hydrogen) atoms. The van der Waals surface area contributed by atoms with E-state index in [1.54, 1.807) is 7.05 Å². The van der Waals surface area contributed by atoms with E-state index in [0.717, 1.165) is 0 Å². The Morgan fingerprint density at radius 3 is 2.38 bits per heavy atom. The summed E-state index contributed by atoms with van der Waals surface area (Å²) in [6.07, 6.45) is 0.393. The molecule has 92 valence electrons. The Morgan fingerprint density at radius 2 is 1.88 bits per heavy atom. The SMILES string of the molecule is CCN(C)C(=O)CNC(=O)CCCC(=O)O. The summed E-state index contributed by atoms with van der Waals surface area (Å²) in [5, 5.41) is 10.8. The summed E-state index contributed by atoms with van der Waals surface area (Å²) in [6, 6.07) is 0. The van der Waals surface area contributed by atoms with Gasteiger partial charge in [0.25, 0.3) is 0 Å². The molecule has 2 amide bonds. The van der Waals surface area contributed by atoms with Crippen LogP contribution in [0.4, 0.5) is 0 Å². The molecule has 0 aromatic carbocycles. The van der Waals surface area contributed by atoms with E-state index >= 15 is 0 Å². The Morgan fingerprint density at radius 1 is 1.25 bits per heavy atom. The van der Waals surface area contributed by atoms with Crippen LogP contribution >= 0.6 is 0 Å². The summed E-state index contributed by atoms with van der Waals surface area (Å²) in [7, 11) is 1.65. The first-order valence-corrected chi connectivity index (χ1v) is 5.19. The molecule has 2 N–H and O–H groups in total. The van der Waals surface area contributed by atoms with E-state index in [9.17, 15) is 14.4 Å². The lowest BCUT2D eigenvalue weighted by atomic mass is 10.2. The Kier molecular flexibility index (Phi) is 6.91. The quantitative estimate of drug-likeness (QED) is 0.636. The minimum Gasteiger partial charge on any atom is -0.481 e. The standard InChI is InChI=1S/C10H18N2O4/c1-3-12(2)9(14)7-11-8(13)5-4-6-10(15)16/h3-7H2,1-2H3,(H,11,13)(H,15,16). The normalized spacial score (nSPS) is 9.62. The largest absolute Gasteiger partial charge is 0.481 e. The van der Waals surface area contributed by atoms with Crippen molar-refractivity contribution < 1.29 is 19.5 Å². The van der Waals surface area contributed by atoms with Crippen molar-refractivity contribution in [2.75, 3.05) is 20.1 Å². The molecule has 0 saturated carbocycles. The maximum absolute atomic E-state index is 11.3. The number of nitrogens with zero attached hydrogens (tertiary/aromatic N) is 1. The number of nitrogens with one attached hydrogen (secondary N) is 1. The molecular weight excluding hydrogens is 212 g/mol. The van der Waals surface area contributed by atoms with Gasteiger partial charge in [-0.05, 0) is 13.3 Å².